The Balaban J connectivity index is 1.29. The van der Waals surface area contributed by atoms with E-state index in [9.17, 15) is 0 Å². The molecule has 0 amide bonds. The second kappa shape index (κ2) is 6.26. The summed E-state index contributed by atoms with van der Waals surface area (Å²) in [5, 5.41) is 7.21. The molecule has 1 aliphatic rings. The van der Waals surface area contributed by atoms with Crippen molar-refractivity contribution in [1.29, 1.82) is 0 Å². The maximum atomic E-state index is 5.99. The maximum Gasteiger partial charge on any atom is 0.241 e. The first-order valence-corrected chi connectivity index (χ1v) is 7.70. The summed E-state index contributed by atoms with van der Waals surface area (Å²) in [5.74, 6) is 2.60. The second-order valence-corrected chi connectivity index (χ2v) is 5.51. The fraction of sp³-hybridized carbons (Fsp3) is 0.294. The normalized spacial score (nSPS) is 16.8. The third kappa shape index (κ3) is 3.12. The molecule has 1 N–H and O–H groups in total. The molecule has 0 fully saturated rings. The summed E-state index contributed by atoms with van der Waals surface area (Å²) in [5.41, 5.74) is 1.28. The van der Waals surface area contributed by atoms with Crippen molar-refractivity contribution in [1.82, 2.24) is 15.5 Å². The van der Waals surface area contributed by atoms with Crippen LogP contribution < -0.4 is 10.1 Å². The number of hydrogen-bond acceptors (Lipinski definition) is 6. The van der Waals surface area contributed by atoms with Crippen molar-refractivity contribution in [3.63, 3.8) is 0 Å². The van der Waals surface area contributed by atoms with Crippen molar-refractivity contribution in [2.24, 2.45) is 0 Å². The van der Waals surface area contributed by atoms with Gasteiger partial charge >= 0.3 is 0 Å². The van der Waals surface area contributed by atoms with E-state index in [4.69, 9.17) is 13.7 Å². The summed E-state index contributed by atoms with van der Waals surface area (Å²) in [7, 11) is 0. The van der Waals surface area contributed by atoms with Gasteiger partial charge in [0.15, 0.2) is 5.76 Å². The minimum Gasteiger partial charge on any atom is -0.489 e. The highest BCUT2D eigenvalue weighted by Gasteiger charge is 2.19. The van der Waals surface area contributed by atoms with E-state index in [1.807, 2.05) is 18.2 Å². The topological polar surface area (TPSA) is 73.3 Å². The van der Waals surface area contributed by atoms with E-state index in [-0.39, 0.29) is 6.10 Å². The highest BCUT2D eigenvalue weighted by molar-refractivity contribution is 5.44. The first kappa shape index (κ1) is 14.0. The Labute approximate surface area is 133 Å². The molecule has 0 saturated carbocycles. The average molecular weight is 311 g/mol. The molecule has 1 atom stereocenters. The van der Waals surface area contributed by atoms with Crippen LogP contribution >= 0.6 is 0 Å². The SMILES string of the molecule is c1coc(-c2noc(CNC[C@H]3CCc4ccccc4O3)n2)c1. The Morgan fingerprint density at radius 2 is 2.13 bits per heavy atom. The summed E-state index contributed by atoms with van der Waals surface area (Å²) in [6, 6.07) is 11.8. The summed E-state index contributed by atoms with van der Waals surface area (Å²) in [6.45, 7) is 1.25. The molecule has 0 bridgehead atoms. The predicted octanol–water partition coefficient (Wildman–Crippen LogP) is 2.81. The summed E-state index contributed by atoms with van der Waals surface area (Å²) >= 11 is 0. The quantitative estimate of drug-likeness (QED) is 0.781. The zero-order chi connectivity index (χ0) is 15.5. The molecule has 1 aromatic carbocycles. The number of furan rings is 1. The minimum atomic E-state index is 0.164. The van der Waals surface area contributed by atoms with Gasteiger partial charge in [0.2, 0.25) is 11.7 Å². The molecule has 3 aromatic rings. The predicted molar refractivity (Wildman–Crippen MR) is 82.9 cm³/mol. The lowest BCUT2D eigenvalue weighted by Crippen LogP contribution is -2.34. The second-order valence-electron chi connectivity index (χ2n) is 5.51. The number of ether oxygens (including phenoxy) is 1. The van der Waals surface area contributed by atoms with Gasteiger partial charge in [0.25, 0.3) is 0 Å². The zero-order valence-corrected chi connectivity index (χ0v) is 12.6. The molecule has 118 valence electrons. The van der Waals surface area contributed by atoms with E-state index in [1.165, 1.54) is 5.56 Å². The van der Waals surface area contributed by atoms with Crippen molar-refractivity contribution < 1.29 is 13.7 Å². The molecule has 3 heterocycles. The minimum absolute atomic E-state index is 0.164. The van der Waals surface area contributed by atoms with Crippen LogP contribution in [0.3, 0.4) is 0 Å². The highest BCUT2D eigenvalue weighted by Crippen LogP contribution is 2.26. The van der Waals surface area contributed by atoms with Crippen LogP contribution in [0.15, 0.2) is 51.6 Å². The van der Waals surface area contributed by atoms with Crippen molar-refractivity contribution in [2.45, 2.75) is 25.5 Å². The van der Waals surface area contributed by atoms with Gasteiger partial charge in [0.05, 0.1) is 12.8 Å². The van der Waals surface area contributed by atoms with Crippen LogP contribution in [0.4, 0.5) is 0 Å². The van der Waals surface area contributed by atoms with Gasteiger partial charge < -0.3 is 19.0 Å². The van der Waals surface area contributed by atoms with Crippen LogP contribution in [0.25, 0.3) is 11.6 Å². The van der Waals surface area contributed by atoms with Crippen molar-refractivity contribution in [2.75, 3.05) is 6.54 Å². The Bertz CT molecular complexity index is 767. The van der Waals surface area contributed by atoms with Crippen LogP contribution in [-0.4, -0.2) is 22.8 Å². The summed E-state index contributed by atoms with van der Waals surface area (Å²) in [6.07, 6.45) is 3.80. The number of fused-ring (bicyclic) bond motifs is 1. The molecule has 0 saturated heterocycles. The third-order valence-electron chi connectivity index (χ3n) is 3.86. The van der Waals surface area contributed by atoms with Crippen molar-refractivity contribution >= 4 is 0 Å². The molecule has 0 aliphatic carbocycles. The van der Waals surface area contributed by atoms with Gasteiger partial charge in [-0.2, -0.15) is 4.98 Å². The fourth-order valence-electron chi connectivity index (χ4n) is 2.70. The maximum absolute atomic E-state index is 5.99. The number of para-hydroxylation sites is 1. The fourth-order valence-corrected chi connectivity index (χ4v) is 2.70. The Hall–Kier alpha value is -2.60. The Morgan fingerprint density at radius 1 is 1.17 bits per heavy atom. The number of nitrogens with zero attached hydrogens (tertiary/aromatic N) is 2. The number of hydrogen-bond donors (Lipinski definition) is 1. The standard InChI is InChI=1S/C17H17N3O3/c1-2-5-14-12(4-1)7-8-13(22-14)10-18-11-16-19-17(20-23-16)15-6-3-9-21-15/h1-6,9,13,18H,7-8,10-11H2/t13-/m1/s1. The van der Waals surface area contributed by atoms with E-state index in [1.54, 1.807) is 18.4 Å². The lowest BCUT2D eigenvalue weighted by molar-refractivity contribution is 0.168. The molecule has 2 aromatic heterocycles. The largest absolute Gasteiger partial charge is 0.489 e. The van der Waals surface area contributed by atoms with Crippen LogP contribution in [0.5, 0.6) is 5.75 Å². The Morgan fingerprint density at radius 3 is 3.04 bits per heavy atom. The van der Waals surface area contributed by atoms with Gasteiger partial charge in [-0.3, -0.25) is 0 Å². The van der Waals surface area contributed by atoms with Gasteiger partial charge in [-0.1, -0.05) is 23.4 Å². The molecule has 1 aliphatic heterocycles. The number of nitrogens with one attached hydrogen (secondary N) is 1. The smallest absolute Gasteiger partial charge is 0.241 e. The summed E-state index contributed by atoms with van der Waals surface area (Å²) < 4.78 is 16.4. The molecule has 0 spiro atoms. The van der Waals surface area contributed by atoms with E-state index >= 15 is 0 Å². The van der Waals surface area contributed by atoms with Gasteiger partial charge in [0, 0.05) is 6.54 Å². The number of rotatable bonds is 5. The monoisotopic (exact) mass is 311 g/mol. The van der Waals surface area contributed by atoms with Gasteiger partial charge in [-0.15, -0.1) is 0 Å². The lowest BCUT2D eigenvalue weighted by Gasteiger charge is -2.26. The first-order valence-electron chi connectivity index (χ1n) is 7.70. The number of benzene rings is 1. The van der Waals surface area contributed by atoms with E-state index in [2.05, 4.69) is 21.5 Å². The van der Waals surface area contributed by atoms with E-state index in [0.717, 1.165) is 25.1 Å². The number of aromatic nitrogens is 2. The average Bonchev–Trinajstić information content (AvgIpc) is 3.26. The molecule has 4 rings (SSSR count). The van der Waals surface area contributed by atoms with E-state index in [0.29, 0.717) is 24.0 Å². The lowest BCUT2D eigenvalue weighted by atomic mass is 10.0. The first-order chi connectivity index (χ1) is 11.4. The van der Waals surface area contributed by atoms with Crippen LogP contribution in [0, 0.1) is 0 Å². The number of aryl methyl sites for hydroxylation is 1. The van der Waals surface area contributed by atoms with Crippen molar-refractivity contribution in [3.05, 3.63) is 54.1 Å². The molecule has 0 radical (unpaired) electrons. The third-order valence-corrected chi connectivity index (χ3v) is 3.86. The molecule has 6 heteroatoms. The van der Waals surface area contributed by atoms with Gasteiger partial charge in [-0.25, -0.2) is 0 Å². The summed E-state index contributed by atoms with van der Waals surface area (Å²) in [4.78, 5) is 4.30. The van der Waals surface area contributed by atoms with Crippen LogP contribution in [0.1, 0.15) is 17.9 Å². The molecule has 0 unspecified atom stereocenters. The van der Waals surface area contributed by atoms with Crippen molar-refractivity contribution in [3.8, 4) is 17.3 Å². The van der Waals surface area contributed by atoms with Gasteiger partial charge in [-0.05, 0) is 36.6 Å². The van der Waals surface area contributed by atoms with E-state index < -0.39 is 0 Å². The van der Waals surface area contributed by atoms with Crippen LogP contribution in [-0.2, 0) is 13.0 Å². The van der Waals surface area contributed by atoms with Gasteiger partial charge in [0.1, 0.15) is 11.9 Å². The molecule has 6 nitrogen and oxygen atoms in total. The molecule has 23 heavy (non-hydrogen) atoms. The Kier molecular flexibility index (Phi) is 3.81. The molecular weight excluding hydrogens is 294 g/mol. The zero-order valence-electron chi connectivity index (χ0n) is 12.6. The van der Waals surface area contributed by atoms with Crippen LogP contribution in [0.2, 0.25) is 0 Å². The molecular formula is C17H17N3O3. The highest BCUT2D eigenvalue weighted by atomic mass is 16.5.